The highest BCUT2D eigenvalue weighted by atomic mass is 16.5. The Labute approximate surface area is 123 Å². The number of aliphatic hydroxyl groups is 1. The van der Waals surface area contributed by atoms with Crippen molar-refractivity contribution in [1.82, 2.24) is 0 Å². The fourth-order valence-corrected chi connectivity index (χ4v) is 3.80. The summed E-state index contributed by atoms with van der Waals surface area (Å²) in [5, 5.41) is 11.5. The lowest BCUT2D eigenvalue weighted by molar-refractivity contribution is -0.148. The maximum absolute atomic E-state index is 12.2. The van der Waals surface area contributed by atoms with Gasteiger partial charge in [-0.05, 0) is 23.1 Å². The summed E-state index contributed by atoms with van der Waals surface area (Å²) in [5.74, 6) is -0.770. The quantitative estimate of drug-likeness (QED) is 0.815. The monoisotopic (exact) mass is 280 g/mol. The van der Waals surface area contributed by atoms with E-state index in [0.29, 0.717) is 6.61 Å². The molecule has 0 saturated carbocycles. The fraction of sp³-hybridized carbons (Fsp3) is 0.278. The Balaban J connectivity index is 1.98. The van der Waals surface area contributed by atoms with E-state index in [-0.39, 0.29) is 11.9 Å². The van der Waals surface area contributed by atoms with Gasteiger partial charge in [0.1, 0.15) is 11.5 Å². The van der Waals surface area contributed by atoms with E-state index in [0.717, 1.165) is 23.1 Å². The zero-order valence-corrected chi connectivity index (χ0v) is 11.5. The molecule has 1 aliphatic heterocycles. The van der Waals surface area contributed by atoms with E-state index in [1.807, 2.05) is 54.6 Å². The van der Waals surface area contributed by atoms with Gasteiger partial charge in [0.05, 0.1) is 6.61 Å². The number of cyclic esters (lactones) is 1. The van der Waals surface area contributed by atoms with Crippen LogP contribution in [-0.2, 0) is 21.6 Å². The van der Waals surface area contributed by atoms with Crippen molar-refractivity contribution in [3.8, 4) is 0 Å². The van der Waals surface area contributed by atoms with Crippen LogP contribution in [0.3, 0.4) is 0 Å². The first kappa shape index (κ1) is 12.6. The van der Waals surface area contributed by atoms with E-state index in [1.54, 1.807) is 0 Å². The number of carbonyl (C=O) groups is 1. The molecule has 0 bridgehead atoms. The molecule has 0 radical (unpaired) electrons. The molecule has 4 rings (SSSR count). The van der Waals surface area contributed by atoms with Crippen molar-refractivity contribution in [2.75, 3.05) is 6.61 Å². The van der Waals surface area contributed by atoms with Crippen molar-refractivity contribution in [3.63, 3.8) is 0 Å². The molecule has 1 fully saturated rings. The van der Waals surface area contributed by atoms with Crippen LogP contribution in [0.5, 0.6) is 0 Å². The maximum Gasteiger partial charge on any atom is 0.313 e. The van der Waals surface area contributed by atoms with Gasteiger partial charge in [0.2, 0.25) is 0 Å². The summed E-state index contributed by atoms with van der Waals surface area (Å²) in [6.45, 7) is 0.396. The third-order valence-corrected chi connectivity index (χ3v) is 4.74. The van der Waals surface area contributed by atoms with Crippen LogP contribution < -0.4 is 0 Å². The van der Waals surface area contributed by atoms with Crippen molar-refractivity contribution >= 4 is 5.97 Å². The number of benzene rings is 2. The predicted molar refractivity (Wildman–Crippen MR) is 77.5 cm³/mol. The highest BCUT2D eigenvalue weighted by molar-refractivity contribution is 5.78. The average molecular weight is 280 g/mol. The molecule has 2 aliphatic rings. The minimum Gasteiger partial charge on any atom is -0.465 e. The third-order valence-electron chi connectivity index (χ3n) is 4.74. The van der Waals surface area contributed by atoms with Crippen LogP contribution in [0.1, 0.15) is 16.7 Å². The molecule has 2 aromatic carbocycles. The Morgan fingerprint density at radius 1 is 1.05 bits per heavy atom. The van der Waals surface area contributed by atoms with Crippen molar-refractivity contribution in [3.05, 3.63) is 71.3 Å². The topological polar surface area (TPSA) is 46.5 Å². The minimum absolute atomic E-state index is 0.0395. The number of hydrogen-bond donors (Lipinski definition) is 1. The van der Waals surface area contributed by atoms with E-state index >= 15 is 0 Å². The van der Waals surface area contributed by atoms with Crippen LogP contribution in [-0.4, -0.2) is 17.7 Å². The lowest BCUT2D eigenvalue weighted by Gasteiger charge is -2.41. The van der Waals surface area contributed by atoms with Crippen LogP contribution in [0.15, 0.2) is 54.6 Å². The standard InChI is InChI=1S/C18H16O3/c19-17-16-13(11-21-17)10-12-6-4-5-9-15(12)18(16,20)14-7-2-1-3-8-14/h1-9,13,16,20H,10-11H2/t13-,16+,18+/m1/s1. The Morgan fingerprint density at radius 3 is 2.57 bits per heavy atom. The largest absolute Gasteiger partial charge is 0.465 e. The summed E-state index contributed by atoms with van der Waals surface area (Å²) in [7, 11) is 0. The van der Waals surface area contributed by atoms with Gasteiger partial charge >= 0.3 is 5.97 Å². The zero-order valence-electron chi connectivity index (χ0n) is 11.5. The molecule has 2 aromatic rings. The number of carbonyl (C=O) groups excluding carboxylic acids is 1. The van der Waals surface area contributed by atoms with Gasteiger partial charge in [-0.3, -0.25) is 4.79 Å². The molecular formula is C18H16O3. The van der Waals surface area contributed by atoms with Crippen molar-refractivity contribution in [2.45, 2.75) is 12.0 Å². The Bertz CT molecular complexity index is 695. The molecule has 0 amide bonds. The molecular weight excluding hydrogens is 264 g/mol. The Morgan fingerprint density at radius 2 is 1.76 bits per heavy atom. The van der Waals surface area contributed by atoms with Gasteiger partial charge in [-0.25, -0.2) is 0 Å². The second-order valence-electron chi connectivity index (χ2n) is 5.86. The number of esters is 1. The Kier molecular flexibility index (Phi) is 2.66. The fourth-order valence-electron chi connectivity index (χ4n) is 3.80. The first-order chi connectivity index (χ1) is 10.2. The molecule has 0 aromatic heterocycles. The third kappa shape index (κ3) is 1.67. The van der Waals surface area contributed by atoms with Gasteiger partial charge < -0.3 is 9.84 Å². The van der Waals surface area contributed by atoms with Gasteiger partial charge in [-0.2, -0.15) is 0 Å². The van der Waals surface area contributed by atoms with E-state index in [1.165, 1.54) is 0 Å². The predicted octanol–water partition coefficient (Wildman–Crippen LogP) is 2.27. The summed E-state index contributed by atoms with van der Waals surface area (Å²) in [6, 6.07) is 17.3. The molecule has 3 heteroatoms. The summed E-state index contributed by atoms with van der Waals surface area (Å²) >= 11 is 0. The summed E-state index contributed by atoms with van der Waals surface area (Å²) < 4.78 is 5.25. The lowest BCUT2D eigenvalue weighted by Crippen LogP contribution is -2.46. The SMILES string of the molecule is O=C1OC[C@H]2Cc3ccccc3[C@@](O)(c3ccccc3)[C@H]12. The lowest BCUT2D eigenvalue weighted by atomic mass is 9.64. The van der Waals surface area contributed by atoms with Crippen LogP contribution in [0, 0.1) is 11.8 Å². The molecule has 1 N–H and O–H groups in total. The number of rotatable bonds is 1. The molecule has 1 saturated heterocycles. The van der Waals surface area contributed by atoms with Gasteiger partial charge in [0.25, 0.3) is 0 Å². The average Bonchev–Trinajstić information content (AvgIpc) is 2.90. The van der Waals surface area contributed by atoms with Gasteiger partial charge in [-0.15, -0.1) is 0 Å². The van der Waals surface area contributed by atoms with Crippen molar-refractivity contribution in [2.24, 2.45) is 11.8 Å². The number of ether oxygens (including phenoxy) is 1. The molecule has 0 spiro atoms. The molecule has 21 heavy (non-hydrogen) atoms. The van der Waals surface area contributed by atoms with E-state index in [2.05, 4.69) is 0 Å². The number of hydrogen-bond acceptors (Lipinski definition) is 3. The zero-order chi connectivity index (χ0) is 14.4. The van der Waals surface area contributed by atoms with E-state index in [9.17, 15) is 9.90 Å². The van der Waals surface area contributed by atoms with E-state index < -0.39 is 11.5 Å². The molecule has 3 nitrogen and oxygen atoms in total. The van der Waals surface area contributed by atoms with Gasteiger partial charge in [0, 0.05) is 5.92 Å². The smallest absolute Gasteiger partial charge is 0.313 e. The van der Waals surface area contributed by atoms with Crippen LogP contribution >= 0.6 is 0 Å². The van der Waals surface area contributed by atoms with E-state index in [4.69, 9.17) is 4.74 Å². The van der Waals surface area contributed by atoms with Crippen LogP contribution in [0.2, 0.25) is 0 Å². The first-order valence-electron chi connectivity index (χ1n) is 7.24. The summed E-state index contributed by atoms with van der Waals surface area (Å²) in [5.41, 5.74) is 1.39. The maximum atomic E-state index is 12.2. The molecule has 1 heterocycles. The molecule has 3 atom stereocenters. The number of fused-ring (bicyclic) bond motifs is 2. The van der Waals surface area contributed by atoms with Gasteiger partial charge in [-0.1, -0.05) is 54.6 Å². The summed E-state index contributed by atoms with van der Waals surface area (Å²) in [4.78, 5) is 12.2. The van der Waals surface area contributed by atoms with Crippen molar-refractivity contribution in [1.29, 1.82) is 0 Å². The van der Waals surface area contributed by atoms with Crippen molar-refractivity contribution < 1.29 is 14.6 Å². The second-order valence-corrected chi connectivity index (χ2v) is 5.86. The van der Waals surface area contributed by atoms with Gasteiger partial charge in [0.15, 0.2) is 0 Å². The highest BCUT2D eigenvalue weighted by Crippen LogP contribution is 2.49. The Hall–Kier alpha value is -2.13. The second kappa shape index (κ2) is 4.43. The molecule has 106 valence electrons. The first-order valence-corrected chi connectivity index (χ1v) is 7.24. The van der Waals surface area contributed by atoms with Crippen LogP contribution in [0.4, 0.5) is 0 Å². The molecule has 0 unspecified atom stereocenters. The highest BCUT2D eigenvalue weighted by Gasteiger charge is 2.56. The normalized spacial score (nSPS) is 30.4. The van der Waals surface area contributed by atoms with Crippen LogP contribution in [0.25, 0.3) is 0 Å². The minimum atomic E-state index is -1.30. The molecule has 1 aliphatic carbocycles. The summed E-state index contributed by atoms with van der Waals surface area (Å²) in [6.07, 6.45) is 0.779.